The molecule has 0 spiro atoms. The summed E-state index contributed by atoms with van der Waals surface area (Å²) in [5.74, 6) is 0. The van der Waals surface area contributed by atoms with Crippen molar-refractivity contribution < 1.29 is 12.6 Å². The largest absolute Gasteiger partial charge is 0.333 e. The molecule has 6 heteroatoms. The number of rotatable bonds is 3. The van der Waals surface area contributed by atoms with Gasteiger partial charge in [0.15, 0.2) is 0 Å². The van der Waals surface area contributed by atoms with Crippen LogP contribution in [0.4, 0.5) is 0 Å². The molecule has 62 valence electrons. The fraction of sp³-hybridized carbons (Fsp3) is 1.00. The Labute approximate surface area is 60.6 Å². The van der Waals surface area contributed by atoms with E-state index >= 15 is 0 Å². The van der Waals surface area contributed by atoms with Gasteiger partial charge in [0.1, 0.15) is 0 Å². The molecule has 4 N–H and O–H groups in total. The number of hydrogen-bond acceptors (Lipinski definition) is 4. The average molecular weight is 168 g/mol. The van der Waals surface area contributed by atoms with E-state index in [4.69, 9.17) is 5.73 Å². The van der Waals surface area contributed by atoms with Gasteiger partial charge >= 0.3 is 10.3 Å². The van der Waals surface area contributed by atoms with Gasteiger partial charge in [-0.15, -0.1) is 0 Å². The topological polar surface area (TPSA) is 95.4 Å². The lowest BCUT2D eigenvalue weighted by atomic mass is 10.1. The van der Waals surface area contributed by atoms with E-state index in [0.29, 0.717) is 0 Å². The second-order valence-electron chi connectivity index (χ2n) is 2.74. The van der Waals surface area contributed by atoms with E-state index in [1.165, 1.54) is 0 Å². The Hall–Kier alpha value is -0.170. The minimum atomic E-state index is -3.84. The maximum atomic E-state index is 10.2. The summed E-state index contributed by atoms with van der Waals surface area (Å²) in [4.78, 5) is 0. The highest BCUT2D eigenvalue weighted by Gasteiger charge is 2.14. The smallest absolute Gasteiger partial charge is 0.324 e. The van der Waals surface area contributed by atoms with Crippen molar-refractivity contribution in [3.8, 4) is 0 Å². The molecule has 0 aromatic carbocycles. The van der Waals surface area contributed by atoms with E-state index in [0.717, 1.165) is 0 Å². The molecular formula is C4H12N2O3S. The van der Waals surface area contributed by atoms with E-state index in [1.807, 2.05) is 0 Å². The zero-order chi connectivity index (χ0) is 8.41. The van der Waals surface area contributed by atoms with Gasteiger partial charge in [-0.2, -0.15) is 8.42 Å². The predicted molar refractivity (Wildman–Crippen MR) is 37.3 cm³/mol. The number of hydrogen-bond donors (Lipinski definition) is 2. The van der Waals surface area contributed by atoms with E-state index in [9.17, 15) is 8.42 Å². The molecule has 0 aromatic rings. The molecule has 0 amide bonds. The van der Waals surface area contributed by atoms with Crippen LogP contribution in [0, 0.1) is 0 Å². The summed E-state index contributed by atoms with van der Waals surface area (Å²) in [6.45, 7) is 3.17. The van der Waals surface area contributed by atoms with Gasteiger partial charge in [-0.05, 0) is 13.8 Å². The molecule has 0 atom stereocenters. The molecular weight excluding hydrogens is 156 g/mol. The molecule has 0 aliphatic heterocycles. The SMILES string of the molecule is CC(C)(N)COS(N)(=O)=O. The van der Waals surface area contributed by atoms with E-state index in [2.05, 4.69) is 9.32 Å². The summed E-state index contributed by atoms with van der Waals surface area (Å²) in [6.07, 6.45) is 0. The second-order valence-corrected chi connectivity index (χ2v) is 3.96. The number of nitrogens with two attached hydrogens (primary N) is 2. The first-order chi connectivity index (χ1) is 4.21. The lowest BCUT2D eigenvalue weighted by Crippen LogP contribution is -2.39. The highest BCUT2D eigenvalue weighted by atomic mass is 32.2. The molecule has 0 aliphatic carbocycles. The Morgan fingerprint density at radius 2 is 1.90 bits per heavy atom. The monoisotopic (exact) mass is 168 g/mol. The molecule has 0 aliphatic rings. The van der Waals surface area contributed by atoms with Crippen molar-refractivity contribution in [1.82, 2.24) is 0 Å². The second kappa shape index (κ2) is 2.83. The Morgan fingerprint density at radius 3 is 2.00 bits per heavy atom. The summed E-state index contributed by atoms with van der Waals surface area (Å²) >= 11 is 0. The van der Waals surface area contributed by atoms with Crippen molar-refractivity contribution in [2.24, 2.45) is 10.9 Å². The molecule has 0 saturated carbocycles. The molecule has 0 radical (unpaired) electrons. The standard InChI is InChI=1S/C4H12N2O3S/c1-4(2,5)3-9-10(6,7)8/h3,5H2,1-2H3,(H2,6,7,8). The van der Waals surface area contributed by atoms with Crippen molar-refractivity contribution in [2.45, 2.75) is 19.4 Å². The molecule has 5 nitrogen and oxygen atoms in total. The third-order valence-electron chi connectivity index (χ3n) is 0.595. The Morgan fingerprint density at radius 1 is 1.50 bits per heavy atom. The summed E-state index contributed by atoms with van der Waals surface area (Å²) in [5.41, 5.74) is 4.72. The van der Waals surface area contributed by atoms with Gasteiger partial charge < -0.3 is 5.73 Å². The van der Waals surface area contributed by atoms with Crippen LogP contribution in [0.5, 0.6) is 0 Å². The molecule has 0 rings (SSSR count). The van der Waals surface area contributed by atoms with Gasteiger partial charge in [0.2, 0.25) is 0 Å². The minimum absolute atomic E-state index is 0.105. The van der Waals surface area contributed by atoms with Crippen LogP contribution in [0.15, 0.2) is 0 Å². The van der Waals surface area contributed by atoms with Crippen molar-refractivity contribution in [1.29, 1.82) is 0 Å². The zero-order valence-electron chi connectivity index (χ0n) is 5.99. The summed E-state index contributed by atoms with van der Waals surface area (Å²) < 4.78 is 24.6. The van der Waals surface area contributed by atoms with Gasteiger partial charge in [0, 0.05) is 5.54 Å². The third kappa shape index (κ3) is 7.83. The Kier molecular flexibility index (Phi) is 2.78. The van der Waals surface area contributed by atoms with Crippen LogP contribution in [0.1, 0.15) is 13.8 Å². The van der Waals surface area contributed by atoms with E-state index in [1.54, 1.807) is 13.8 Å². The third-order valence-corrected chi connectivity index (χ3v) is 1.04. The van der Waals surface area contributed by atoms with Gasteiger partial charge in [-0.1, -0.05) is 0 Å². The zero-order valence-corrected chi connectivity index (χ0v) is 6.81. The Bertz CT molecular complexity index is 191. The van der Waals surface area contributed by atoms with Gasteiger partial charge in [-0.3, -0.25) is 4.18 Å². The van der Waals surface area contributed by atoms with Crippen molar-refractivity contribution in [2.75, 3.05) is 6.61 Å². The molecule has 0 bridgehead atoms. The van der Waals surface area contributed by atoms with E-state index < -0.39 is 15.8 Å². The van der Waals surface area contributed by atoms with Crippen LogP contribution in [0.2, 0.25) is 0 Å². The lowest BCUT2D eigenvalue weighted by Gasteiger charge is -2.16. The van der Waals surface area contributed by atoms with Gasteiger partial charge in [-0.25, -0.2) is 5.14 Å². The van der Waals surface area contributed by atoms with Crippen LogP contribution in [0.3, 0.4) is 0 Å². The maximum absolute atomic E-state index is 10.2. The summed E-state index contributed by atoms with van der Waals surface area (Å²) in [7, 11) is -3.84. The summed E-state index contributed by atoms with van der Waals surface area (Å²) in [6, 6.07) is 0. The molecule has 0 unspecified atom stereocenters. The quantitative estimate of drug-likeness (QED) is 0.561. The Balaban J connectivity index is 3.79. The average Bonchev–Trinajstić information content (AvgIpc) is 1.57. The van der Waals surface area contributed by atoms with Crippen LogP contribution in [-0.2, 0) is 14.5 Å². The minimum Gasteiger partial charge on any atom is -0.324 e. The highest BCUT2D eigenvalue weighted by Crippen LogP contribution is 1.97. The lowest BCUT2D eigenvalue weighted by molar-refractivity contribution is 0.248. The molecule has 0 fully saturated rings. The first-order valence-corrected chi connectivity index (χ1v) is 4.14. The molecule has 0 saturated heterocycles. The van der Waals surface area contributed by atoms with Crippen LogP contribution >= 0.6 is 0 Å². The van der Waals surface area contributed by atoms with Gasteiger partial charge in [0.25, 0.3) is 0 Å². The predicted octanol–water partition coefficient (Wildman–Crippen LogP) is -1.06. The molecule has 0 heterocycles. The van der Waals surface area contributed by atoms with Crippen molar-refractivity contribution >= 4 is 10.3 Å². The van der Waals surface area contributed by atoms with Crippen LogP contribution in [-0.4, -0.2) is 20.6 Å². The van der Waals surface area contributed by atoms with Crippen LogP contribution < -0.4 is 10.9 Å². The molecule has 0 aromatic heterocycles. The maximum Gasteiger partial charge on any atom is 0.333 e. The van der Waals surface area contributed by atoms with Crippen molar-refractivity contribution in [3.05, 3.63) is 0 Å². The van der Waals surface area contributed by atoms with Crippen molar-refractivity contribution in [3.63, 3.8) is 0 Å². The normalized spacial score (nSPS) is 13.6. The fourth-order valence-electron chi connectivity index (χ4n) is 0.234. The summed E-state index contributed by atoms with van der Waals surface area (Å²) in [5, 5.41) is 4.54. The molecule has 10 heavy (non-hydrogen) atoms. The first kappa shape index (κ1) is 9.83. The van der Waals surface area contributed by atoms with Gasteiger partial charge in [0.05, 0.1) is 6.61 Å². The highest BCUT2D eigenvalue weighted by molar-refractivity contribution is 7.84. The fourth-order valence-corrected chi connectivity index (χ4v) is 0.702. The first-order valence-electron chi connectivity index (χ1n) is 2.67. The van der Waals surface area contributed by atoms with E-state index in [-0.39, 0.29) is 6.61 Å². The van der Waals surface area contributed by atoms with Crippen LogP contribution in [0.25, 0.3) is 0 Å².